The van der Waals surface area contributed by atoms with Gasteiger partial charge in [0.2, 0.25) is 0 Å². The fourth-order valence-corrected chi connectivity index (χ4v) is 3.03. The van der Waals surface area contributed by atoms with Crippen LogP contribution in [0.4, 0.5) is 16.2 Å². The van der Waals surface area contributed by atoms with Gasteiger partial charge in [-0.05, 0) is 44.8 Å². The van der Waals surface area contributed by atoms with Crippen molar-refractivity contribution in [1.82, 2.24) is 14.7 Å². The number of anilines is 2. The Balaban J connectivity index is 1.64. The molecule has 1 aromatic carbocycles. The first-order chi connectivity index (χ1) is 13.5. The first kappa shape index (κ1) is 19.6. The number of carboxylic acid groups (broad SMARTS) is 1. The summed E-state index contributed by atoms with van der Waals surface area (Å²) in [6.45, 7) is 1.90. The van der Waals surface area contributed by atoms with E-state index in [4.69, 9.17) is 10.2 Å². The number of nitrogens with zero attached hydrogens (tertiary/aromatic N) is 5. The quantitative estimate of drug-likeness (QED) is 0.732. The van der Waals surface area contributed by atoms with Crippen molar-refractivity contribution >= 4 is 23.2 Å². The van der Waals surface area contributed by atoms with Crippen LogP contribution in [-0.4, -0.2) is 52.2 Å². The Bertz CT molecular complexity index is 871. The van der Waals surface area contributed by atoms with Crippen LogP contribution in [0.25, 0.3) is 0 Å². The molecule has 1 aliphatic heterocycles. The molecule has 148 valence electrons. The maximum Gasteiger partial charge on any atom is 0.409 e. The van der Waals surface area contributed by atoms with Gasteiger partial charge in [0, 0.05) is 37.0 Å². The number of benzene rings is 1. The molecule has 1 amide bonds. The highest BCUT2D eigenvalue weighted by Gasteiger charge is 2.12. The molecule has 2 heterocycles. The van der Waals surface area contributed by atoms with E-state index < -0.39 is 6.09 Å². The van der Waals surface area contributed by atoms with Gasteiger partial charge in [-0.15, -0.1) is 0 Å². The van der Waals surface area contributed by atoms with E-state index in [1.54, 1.807) is 6.07 Å². The lowest BCUT2D eigenvalue weighted by Gasteiger charge is -2.18. The topological polar surface area (TPSA) is 86.0 Å². The van der Waals surface area contributed by atoms with Gasteiger partial charge in [0.05, 0.1) is 12.4 Å². The fraction of sp³-hybridized carbons (Fsp3) is 0.350. The Kier molecular flexibility index (Phi) is 6.44. The van der Waals surface area contributed by atoms with Gasteiger partial charge in [-0.1, -0.05) is 18.2 Å². The second-order valence-electron chi connectivity index (χ2n) is 7.03. The zero-order valence-corrected chi connectivity index (χ0v) is 16.2. The number of aromatic nitrogens is 2. The Morgan fingerprint density at radius 1 is 1.36 bits per heavy atom. The smallest absolute Gasteiger partial charge is 0.409 e. The van der Waals surface area contributed by atoms with Crippen LogP contribution >= 0.6 is 0 Å². The van der Waals surface area contributed by atoms with Crippen molar-refractivity contribution in [1.29, 1.82) is 0 Å². The molecule has 0 fully saturated rings. The van der Waals surface area contributed by atoms with Crippen LogP contribution in [0.1, 0.15) is 18.4 Å². The Labute approximate surface area is 164 Å². The molecule has 2 N–H and O–H groups in total. The van der Waals surface area contributed by atoms with Crippen molar-refractivity contribution in [2.45, 2.75) is 25.8 Å². The molecule has 0 atom stereocenters. The fourth-order valence-electron chi connectivity index (χ4n) is 3.03. The van der Waals surface area contributed by atoms with E-state index in [2.05, 4.69) is 35.5 Å². The van der Waals surface area contributed by atoms with Gasteiger partial charge < -0.3 is 10.0 Å². The third-order valence-electron chi connectivity index (χ3n) is 4.31. The van der Waals surface area contributed by atoms with Gasteiger partial charge in [-0.2, -0.15) is 10.2 Å². The summed E-state index contributed by atoms with van der Waals surface area (Å²) in [4.78, 5) is 13.0. The zero-order chi connectivity index (χ0) is 19.9. The Morgan fingerprint density at radius 2 is 2.21 bits per heavy atom. The number of aryl methyl sites for hydroxylation is 1. The van der Waals surface area contributed by atoms with Crippen LogP contribution in [0.2, 0.25) is 0 Å². The molecule has 8 heteroatoms. The monoisotopic (exact) mass is 382 g/mol. The van der Waals surface area contributed by atoms with Crippen molar-refractivity contribution in [2.75, 3.05) is 31.0 Å². The average Bonchev–Trinajstić information content (AvgIpc) is 3.10. The van der Waals surface area contributed by atoms with Crippen molar-refractivity contribution < 1.29 is 9.90 Å². The Morgan fingerprint density at radius 3 is 3.00 bits per heavy atom. The van der Waals surface area contributed by atoms with E-state index in [0.717, 1.165) is 42.9 Å². The number of hydrogen-bond acceptors (Lipinski definition) is 5. The number of carbonyl (C=O) groups is 1. The highest BCUT2D eigenvalue weighted by atomic mass is 16.4. The summed E-state index contributed by atoms with van der Waals surface area (Å²) >= 11 is 0. The summed E-state index contributed by atoms with van der Waals surface area (Å²) in [7, 11) is 4.13. The number of rotatable bonds is 8. The Hall–Kier alpha value is -3.13. The summed E-state index contributed by atoms with van der Waals surface area (Å²) in [5.41, 5.74) is 3.52. The van der Waals surface area contributed by atoms with Crippen molar-refractivity contribution in [3.63, 3.8) is 0 Å². The van der Waals surface area contributed by atoms with Gasteiger partial charge >= 0.3 is 6.09 Å². The molecule has 0 unspecified atom stereocenters. The van der Waals surface area contributed by atoms with Crippen molar-refractivity contribution in [2.24, 2.45) is 5.10 Å². The maximum atomic E-state index is 10.8. The summed E-state index contributed by atoms with van der Waals surface area (Å²) in [6.07, 6.45) is 9.26. The van der Waals surface area contributed by atoms with Gasteiger partial charge in [-0.3, -0.25) is 10.00 Å². The summed E-state index contributed by atoms with van der Waals surface area (Å²) in [5.74, 6) is 0. The minimum Gasteiger partial charge on any atom is -0.465 e. The van der Waals surface area contributed by atoms with E-state index in [1.807, 2.05) is 46.5 Å². The predicted octanol–water partition coefficient (Wildman–Crippen LogP) is 3.25. The molecular formula is C20H26N6O2. The van der Waals surface area contributed by atoms with E-state index in [1.165, 1.54) is 0 Å². The van der Waals surface area contributed by atoms with Gasteiger partial charge in [0.15, 0.2) is 0 Å². The number of allylic oxidation sites excluding steroid dienone is 1. The second-order valence-corrected chi connectivity index (χ2v) is 7.03. The van der Waals surface area contributed by atoms with E-state index >= 15 is 0 Å². The molecule has 3 rings (SSSR count). The van der Waals surface area contributed by atoms with Crippen molar-refractivity contribution in [3.05, 3.63) is 54.5 Å². The SMILES string of the molecule is CN(C)CCCn1cc(N2C=CCC(Cc3cccc(NC(=O)O)c3)=N2)cn1. The van der Waals surface area contributed by atoms with Gasteiger partial charge in [-0.25, -0.2) is 9.80 Å². The average molecular weight is 382 g/mol. The second kappa shape index (κ2) is 9.18. The van der Waals surface area contributed by atoms with E-state index in [0.29, 0.717) is 12.1 Å². The van der Waals surface area contributed by atoms with Crippen LogP contribution in [-0.2, 0) is 13.0 Å². The third kappa shape index (κ3) is 5.68. The molecule has 2 aromatic rings. The lowest BCUT2D eigenvalue weighted by molar-refractivity contribution is 0.210. The normalized spacial score (nSPS) is 13.7. The first-order valence-electron chi connectivity index (χ1n) is 9.28. The molecule has 28 heavy (non-hydrogen) atoms. The number of amides is 1. The minimum atomic E-state index is -1.07. The van der Waals surface area contributed by atoms with Gasteiger partial charge in [0.1, 0.15) is 5.69 Å². The molecule has 1 aromatic heterocycles. The molecule has 0 radical (unpaired) electrons. The third-order valence-corrected chi connectivity index (χ3v) is 4.31. The molecule has 0 saturated carbocycles. The molecule has 0 bridgehead atoms. The lowest BCUT2D eigenvalue weighted by Crippen LogP contribution is -2.17. The molecular weight excluding hydrogens is 356 g/mol. The largest absolute Gasteiger partial charge is 0.465 e. The summed E-state index contributed by atoms with van der Waals surface area (Å²) < 4.78 is 1.94. The van der Waals surface area contributed by atoms with Crippen molar-refractivity contribution in [3.8, 4) is 0 Å². The zero-order valence-electron chi connectivity index (χ0n) is 16.2. The van der Waals surface area contributed by atoms with Crippen LogP contribution in [0.15, 0.2) is 54.0 Å². The van der Waals surface area contributed by atoms with Gasteiger partial charge in [0.25, 0.3) is 0 Å². The molecule has 0 spiro atoms. The highest BCUT2D eigenvalue weighted by Crippen LogP contribution is 2.19. The number of hydrogen-bond donors (Lipinski definition) is 2. The lowest BCUT2D eigenvalue weighted by atomic mass is 10.1. The summed E-state index contributed by atoms with van der Waals surface area (Å²) in [6, 6.07) is 7.38. The number of hydrazone groups is 1. The van der Waals surface area contributed by atoms with Crippen LogP contribution in [0.3, 0.4) is 0 Å². The van der Waals surface area contributed by atoms with E-state index in [-0.39, 0.29) is 0 Å². The maximum absolute atomic E-state index is 10.8. The molecule has 1 aliphatic rings. The van der Waals surface area contributed by atoms with Crippen LogP contribution in [0.5, 0.6) is 0 Å². The van der Waals surface area contributed by atoms with Crippen LogP contribution in [0, 0.1) is 0 Å². The molecule has 8 nitrogen and oxygen atoms in total. The standard InChI is InChI=1S/C20H26N6O2/c1-24(2)9-5-10-25-15-19(14-21-25)26-11-4-8-18(23-26)13-16-6-3-7-17(12-16)22-20(27)28/h3-4,6-7,11-12,14-15,22H,5,8-10,13H2,1-2H3,(H,27,28). The van der Waals surface area contributed by atoms with E-state index in [9.17, 15) is 4.79 Å². The molecule has 0 saturated heterocycles. The minimum absolute atomic E-state index is 0.563. The summed E-state index contributed by atoms with van der Waals surface area (Å²) in [5, 5.41) is 22.2. The number of nitrogens with one attached hydrogen (secondary N) is 1. The van der Waals surface area contributed by atoms with Crippen LogP contribution < -0.4 is 10.3 Å². The highest BCUT2D eigenvalue weighted by molar-refractivity contribution is 5.90. The predicted molar refractivity (Wildman–Crippen MR) is 111 cm³/mol. The molecule has 0 aliphatic carbocycles. The first-order valence-corrected chi connectivity index (χ1v) is 9.28.